The summed E-state index contributed by atoms with van der Waals surface area (Å²) in [6.07, 6.45) is 1.50. The minimum Gasteiger partial charge on any atom is -0.383 e. The lowest BCUT2D eigenvalue weighted by Crippen LogP contribution is -2.38. The van der Waals surface area contributed by atoms with Crippen LogP contribution in [0.5, 0.6) is 0 Å². The Bertz CT molecular complexity index is 873. The van der Waals surface area contributed by atoms with Crippen LogP contribution in [0.2, 0.25) is 0 Å². The summed E-state index contributed by atoms with van der Waals surface area (Å²) in [7, 11) is 0. The molecular weight excluding hydrogens is 384 g/mol. The number of morpholine rings is 1. The molecule has 3 heterocycles. The van der Waals surface area contributed by atoms with Gasteiger partial charge in [0.25, 0.3) is 0 Å². The number of hydrogen-bond donors (Lipinski definition) is 1. The van der Waals surface area contributed by atoms with Crippen molar-refractivity contribution in [3.63, 3.8) is 0 Å². The number of nitrogen functional groups attached to an aromatic ring is 1. The van der Waals surface area contributed by atoms with Gasteiger partial charge < -0.3 is 10.5 Å². The third-order valence-electron chi connectivity index (χ3n) is 4.41. The molecule has 0 radical (unpaired) electrons. The molecule has 3 aromatic rings. The standard InChI is InChI=1S/C17H19BrN6O/c18-13-3-1-12(2-4-13)15-14-16(19)20-11-21-17(14)24(22-15)6-5-23-7-9-25-10-8-23/h1-4,11H,5-10H2,(H2,19,20,21). The van der Waals surface area contributed by atoms with E-state index >= 15 is 0 Å². The monoisotopic (exact) mass is 402 g/mol. The Kier molecular flexibility index (Phi) is 4.65. The molecule has 0 aliphatic carbocycles. The van der Waals surface area contributed by atoms with Crippen LogP contribution in [0, 0.1) is 0 Å². The van der Waals surface area contributed by atoms with E-state index in [9.17, 15) is 0 Å². The summed E-state index contributed by atoms with van der Waals surface area (Å²) in [4.78, 5) is 11.0. The zero-order chi connectivity index (χ0) is 17.2. The van der Waals surface area contributed by atoms with Crippen LogP contribution in [0.1, 0.15) is 0 Å². The summed E-state index contributed by atoms with van der Waals surface area (Å²) < 4.78 is 8.36. The van der Waals surface area contributed by atoms with Crippen LogP contribution in [-0.2, 0) is 11.3 Å². The third kappa shape index (κ3) is 3.37. The maximum absolute atomic E-state index is 6.14. The number of ether oxygens (including phenoxy) is 1. The molecule has 1 aliphatic heterocycles. The van der Waals surface area contributed by atoms with E-state index < -0.39 is 0 Å². The molecule has 1 fully saturated rings. The lowest BCUT2D eigenvalue weighted by atomic mass is 10.1. The quantitative estimate of drug-likeness (QED) is 0.719. The number of aromatic nitrogens is 4. The van der Waals surface area contributed by atoms with Crippen molar-refractivity contribution in [2.24, 2.45) is 0 Å². The SMILES string of the molecule is Nc1ncnc2c1c(-c1ccc(Br)cc1)nn2CCN1CCOCC1. The summed E-state index contributed by atoms with van der Waals surface area (Å²) >= 11 is 3.47. The normalized spacial score (nSPS) is 15.7. The van der Waals surface area contributed by atoms with Crippen molar-refractivity contribution >= 4 is 32.8 Å². The fourth-order valence-corrected chi connectivity index (χ4v) is 3.32. The fourth-order valence-electron chi connectivity index (χ4n) is 3.06. The van der Waals surface area contributed by atoms with Crippen molar-refractivity contribution in [3.8, 4) is 11.3 Å². The molecule has 8 heteroatoms. The van der Waals surface area contributed by atoms with Gasteiger partial charge in [0, 0.05) is 29.7 Å². The molecule has 1 aromatic carbocycles. The van der Waals surface area contributed by atoms with Gasteiger partial charge in [-0.05, 0) is 12.1 Å². The summed E-state index contributed by atoms with van der Waals surface area (Å²) in [5, 5.41) is 5.61. The summed E-state index contributed by atoms with van der Waals surface area (Å²) in [5.74, 6) is 0.459. The first-order chi connectivity index (χ1) is 12.2. The average molecular weight is 403 g/mol. The average Bonchev–Trinajstić information content (AvgIpc) is 3.02. The van der Waals surface area contributed by atoms with Gasteiger partial charge >= 0.3 is 0 Å². The number of hydrogen-bond acceptors (Lipinski definition) is 6. The van der Waals surface area contributed by atoms with E-state index in [4.69, 9.17) is 15.6 Å². The molecule has 1 aliphatic rings. The highest BCUT2D eigenvalue weighted by atomic mass is 79.9. The van der Waals surface area contributed by atoms with E-state index in [-0.39, 0.29) is 0 Å². The van der Waals surface area contributed by atoms with Gasteiger partial charge in [-0.25, -0.2) is 14.6 Å². The lowest BCUT2D eigenvalue weighted by molar-refractivity contribution is 0.0361. The van der Waals surface area contributed by atoms with Crippen molar-refractivity contribution in [1.82, 2.24) is 24.6 Å². The Morgan fingerprint density at radius 2 is 1.84 bits per heavy atom. The first-order valence-electron chi connectivity index (χ1n) is 8.25. The van der Waals surface area contributed by atoms with Crippen LogP contribution in [0.25, 0.3) is 22.3 Å². The highest BCUT2D eigenvalue weighted by Crippen LogP contribution is 2.30. The van der Waals surface area contributed by atoms with Gasteiger partial charge in [-0.3, -0.25) is 4.90 Å². The molecule has 7 nitrogen and oxygen atoms in total. The highest BCUT2D eigenvalue weighted by Gasteiger charge is 2.18. The molecule has 0 spiro atoms. The second kappa shape index (κ2) is 7.07. The first-order valence-corrected chi connectivity index (χ1v) is 9.05. The van der Waals surface area contributed by atoms with Crippen LogP contribution < -0.4 is 5.73 Å². The molecular formula is C17H19BrN6O. The van der Waals surface area contributed by atoms with E-state index in [1.165, 1.54) is 6.33 Å². The topological polar surface area (TPSA) is 82.1 Å². The number of nitrogens with two attached hydrogens (primary N) is 1. The van der Waals surface area contributed by atoms with Crippen molar-refractivity contribution in [1.29, 1.82) is 0 Å². The maximum atomic E-state index is 6.14. The molecule has 0 saturated carbocycles. The second-order valence-electron chi connectivity index (χ2n) is 5.99. The van der Waals surface area contributed by atoms with E-state index in [0.29, 0.717) is 5.82 Å². The molecule has 0 atom stereocenters. The number of nitrogens with zero attached hydrogens (tertiary/aromatic N) is 5. The van der Waals surface area contributed by atoms with E-state index in [2.05, 4.69) is 30.8 Å². The predicted octanol–water partition coefficient (Wildman–Crippen LogP) is 2.17. The number of halogens is 1. The van der Waals surface area contributed by atoms with Gasteiger partial charge in [-0.1, -0.05) is 28.1 Å². The molecule has 0 unspecified atom stereocenters. The Morgan fingerprint density at radius 3 is 2.60 bits per heavy atom. The number of anilines is 1. The molecule has 2 N–H and O–H groups in total. The Labute approximate surface area is 153 Å². The van der Waals surface area contributed by atoms with Gasteiger partial charge in [0.15, 0.2) is 5.65 Å². The molecule has 4 rings (SSSR count). The Balaban J connectivity index is 1.69. The zero-order valence-electron chi connectivity index (χ0n) is 13.7. The van der Waals surface area contributed by atoms with Gasteiger partial charge in [-0.2, -0.15) is 5.10 Å². The first kappa shape index (κ1) is 16.4. The van der Waals surface area contributed by atoms with E-state index in [0.717, 1.165) is 66.2 Å². The Hall–Kier alpha value is -2.03. The van der Waals surface area contributed by atoms with Crippen LogP contribution in [0.3, 0.4) is 0 Å². The highest BCUT2D eigenvalue weighted by molar-refractivity contribution is 9.10. The maximum Gasteiger partial charge on any atom is 0.164 e. The van der Waals surface area contributed by atoms with Crippen LogP contribution in [0.4, 0.5) is 5.82 Å². The molecule has 0 bridgehead atoms. The number of benzene rings is 1. The van der Waals surface area contributed by atoms with E-state index in [1.54, 1.807) is 0 Å². The predicted molar refractivity (Wildman–Crippen MR) is 100 cm³/mol. The summed E-state index contributed by atoms with van der Waals surface area (Å²) in [6, 6.07) is 8.02. The molecule has 0 amide bonds. The molecule has 130 valence electrons. The van der Waals surface area contributed by atoms with Crippen LogP contribution in [-0.4, -0.2) is 57.5 Å². The summed E-state index contributed by atoms with van der Waals surface area (Å²) in [5.41, 5.74) is 8.73. The number of rotatable bonds is 4. The zero-order valence-corrected chi connectivity index (χ0v) is 15.3. The molecule has 25 heavy (non-hydrogen) atoms. The lowest BCUT2D eigenvalue weighted by Gasteiger charge is -2.26. The van der Waals surface area contributed by atoms with E-state index in [1.807, 2.05) is 28.9 Å². The van der Waals surface area contributed by atoms with Crippen molar-refractivity contribution in [3.05, 3.63) is 35.1 Å². The van der Waals surface area contributed by atoms with Gasteiger partial charge in [0.1, 0.15) is 17.8 Å². The van der Waals surface area contributed by atoms with Crippen molar-refractivity contribution < 1.29 is 4.74 Å². The minimum absolute atomic E-state index is 0.459. The van der Waals surface area contributed by atoms with Gasteiger partial charge in [0.2, 0.25) is 0 Å². The second-order valence-corrected chi connectivity index (χ2v) is 6.91. The van der Waals surface area contributed by atoms with Crippen molar-refractivity contribution in [2.45, 2.75) is 6.54 Å². The largest absolute Gasteiger partial charge is 0.383 e. The molecule has 1 saturated heterocycles. The third-order valence-corrected chi connectivity index (χ3v) is 4.94. The van der Waals surface area contributed by atoms with Gasteiger partial charge in [0.05, 0.1) is 25.1 Å². The fraction of sp³-hybridized carbons (Fsp3) is 0.353. The van der Waals surface area contributed by atoms with Crippen LogP contribution >= 0.6 is 15.9 Å². The minimum atomic E-state index is 0.459. The van der Waals surface area contributed by atoms with Crippen molar-refractivity contribution in [2.75, 3.05) is 38.6 Å². The smallest absolute Gasteiger partial charge is 0.164 e. The Morgan fingerprint density at radius 1 is 1.08 bits per heavy atom. The number of fused-ring (bicyclic) bond motifs is 1. The molecule has 2 aromatic heterocycles. The van der Waals surface area contributed by atoms with Crippen LogP contribution in [0.15, 0.2) is 35.1 Å². The van der Waals surface area contributed by atoms with Gasteiger partial charge in [-0.15, -0.1) is 0 Å². The summed E-state index contributed by atoms with van der Waals surface area (Å²) in [6.45, 7) is 5.15.